The van der Waals surface area contributed by atoms with Gasteiger partial charge in [0.05, 0.1) is 0 Å². The van der Waals surface area contributed by atoms with Gasteiger partial charge >= 0.3 is 0 Å². The van der Waals surface area contributed by atoms with Crippen molar-refractivity contribution in [1.29, 1.82) is 0 Å². The minimum Gasteiger partial charge on any atom is -0.356 e. The Balaban J connectivity index is 1.38. The molecule has 1 unspecified atom stereocenters. The summed E-state index contributed by atoms with van der Waals surface area (Å²) >= 11 is 0. The second-order valence-electron chi connectivity index (χ2n) is 11.9. The molecule has 0 saturated heterocycles. The highest BCUT2D eigenvalue weighted by Crippen LogP contribution is 2.36. The van der Waals surface area contributed by atoms with Crippen LogP contribution in [0.2, 0.25) is 0 Å². The van der Waals surface area contributed by atoms with Gasteiger partial charge in [-0.15, -0.1) is 0 Å². The molecule has 4 heteroatoms. The van der Waals surface area contributed by atoms with Gasteiger partial charge in [-0.25, -0.2) is 0 Å². The number of benzene rings is 2. The monoisotopic (exact) mass is 499 g/mol. The third kappa shape index (κ3) is 6.46. The summed E-state index contributed by atoms with van der Waals surface area (Å²) in [5.41, 5.74) is 10.9. The van der Waals surface area contributed by atoms with E-state index in [1.165, 1.54) is 85.4 Å². The van der Waals surface area contributed by atoms with Crippen LogP contribution < -0.4 is 11.1 Å². The molecular formula is C33H45N3O. The molecule has 3 N–H and O–H groups in total. The lowest BCUT2D eigenvalue weighted by Crippen LogP contribution is -2.33. The number of carbonyl (C=O) groups excluding carboxylic acids is 1. The Hall–Kier alpha value is -2.59. The molecule has 0 spiro atoms. The highest BCUT2D eigenvalue weighted by molar-refractivity contribution is 5.86. The average Bonchev–Trinajstić information content (AvgIpc) is 3.29. The molecule has 198 valence electrons. The van der Waals surface area contributed by atoms with E-state index in [1.807, 2.05) is 0 Å². The number of nitrogens with two attached hydrogens (primary N) is 1. The fraction of sp³-hybridized carbons (Fsp3) is 0.545. The van der Waals surface area contributed by atoms with Crippen molar-refractivity contribution in [3.8, 4) is 0 Å². The van der Waals surface area contributed by atoms with Crippen molar-refractivity contribution < 1.29 is 4.79 Å². The van der Waals surface area contributed by atoms with E-state index in [2.05, 4.69) is 71.5 Å². The van der Waals surface area contributed by atoms with Crippen molar-refractivity contribution in [1.82, 2.24) is 9.88 Å². The molecule has 5 rings (SSSR count). The lowest BCUT2D eigenvalue weighted by Gasteiger charge is -2.28. The smallest absolute Gasteiger partial charge is 0.220 e. The maximum absolute atomic E-state index is 13.4. The van der Waals surface area contributed by atoms with Gasteiger partial charge < -0.3 is 15.6 Å². The van der Waals surface area contributed by atoms with Crippen LogP contribution in [0.4, 0.5) is 0 Å². The SMILES string of the molecule is Cc1cccc(C(CC(=O)NC[C@H]2CC[C@H](CN)CC2)c2cn(CC3CCCCC3)c3ccccc23)c1. The topological polar surface area (TPSA) is 60.1 Å². The average molecular weight is 500 g/mol. The van der Waals surface area contributed by atoms with Gasteiger partial charge in [0.1, 0.15) is 0 Å². The minimum absolute atomic E-state index is 0.0467. The Kier molecular flexibility index (Phi) is 8.66. The van der Waals surface area contributed by atoms with Gasteiger partial charge in [0.2, 0.25) is 5.91 Å². The molecule has 1 atom stereocenters. The molecule has 37 heavy (non-hydrogen) atoms. The number of nitrogens with zero attached hydrogens (tertiary/aromatic N) is 1. The highest BCUT2D eigenvalue weighted by Gasteiger charge is 2.25. The van der Waals surface area contributed by atoms with Crippen LogP contribution in [-0.4, -0.2) is 23.6 Å². The summed E-state index contributed by atoms with van der Waals surface area (Å²) in [5.74, 6) is 2.22. The molecule has 2 saturated carbocycles. The van der Waals surface area contributed by atoms with Crippen LogP contribution in [0.3, 0.4) is 0 Å². The predicted octanol–water partition coefficient (Wildman–Crippen LogP) is 6.93. The fourth-order valence-electron chi connectivity index (χ4n) is 6.83. The molecular weight excluding hydrogens is 454 g/mol. The van der Waals surface area contributed by atoms with Gasteiger partial charge in [-0.3, -0.25) is 4.79 Å². The minimum atomic E-state index is 0.0467. The van der Waals surface area contributed by atoms with Crippen molar-refractivity contribution in [2.75, 3.05) is 13.1 Å². The Labute approximate surface area is 223 Å². The Morgan fingerprint density at radius 2 is 1.70 bits per heavy atom. The Morgan fingerprint density at radius 3 is 2.46 bits per heavy atom. The molecule has 4 nitrogen and oxygen atoms in total. The molecule has 1 heterocycles. The lowest BCUT2D eigenvalue weighted by atomic mass is 9.82. The van der Waals surface area contributed by atoms with E-state index in [9.17, 15) is 4.79 Å². The van der Waals surface area contributed by atoms with Crippen LogP contribution in [0, 0.1) is 24.7 Å². The molecule has 2 aliphatic rings. The number of carbonyl (C=O) groups is 1. The number of aryl methyl sites for hydroxylation is 1. The number of para-hydroxylation sites is 1. The van der Waals surface area contributed by atoms with Crippen LogP contribution in [0.1, 0.15) is 86.8 Å². The third-order valence-corrected chi connectivity index (χ3v) is 9.10. The van der Waals surface area contributed by atoms with Crippen molar-refractivity contribution in [2.45, 2.75) is 83.6 Å². The first-order valence-electron chi connectivity index (χ1n) is 14.7. The summed E-state index contributed by atoms with van der Waals surface area (Å²) < 4.78 is 2.48. The van der Waals surface area contributed by atoms with Crippen molar-refractivity contribution in [3.05, 3.63) is 71.4 Å². The number of hydrogen-bond donors (Lipinski definition) is 2. The molecule has 0 radical (unpaired) electrons. The molecule has 1 amide bonds. The van der Waals surface area contributed by atoms with Gasteiger partial charge in [0.25, 0.3) is 0 Å². The van der Waals surface area contributed by atoms with Crippen LogP contribution in [0.15, 0.2) is 54.7 Å². The first-order valence-corrected chi connectivity index (χ1v) is 14.7. The van der Waals surface area contributed by atoms with E-state index in [0.29, 0.717) is 18.3 Å². The standard InChI is InChI=1S/C33H45N3O/c1-24-8-7-11-28(18-24)30(19-33(37)35-21-26-16-14-25(20-34)15-17-26)31-23-36(22-27-9-3-2-4-10-27)32-13-6-5-12-29(31)32/h5-8,11-13,18,23,25-27,30H,2-4,9-10,14-17,19-22,34H2,1H3,(H,35,37)/t25-,26-,30?. The zero-order valence-corrected chi connectivity index (χ0v) is 22.6. The highest BCUT2D eigenvalue weighted by atomic mass is 16.1. The Morgan fingerprint density at radius 1 is 0.946 bits per heavy atom. The van der Waals surface area contributed by atoms with Crippen molar-refractivity contribution in [2.24, 2.45) is 23.5 Å². The predicted molar refractivity (Wildman–Crippen MR) is 154 cm³/mol. The normalized spacial score (nSPS) is 21.7. The van der Waals surface area contributed by atoms with Gasteiger partial charge in [0, 0.05) is 42.5 Å². The van der Waals surface area contributed by atoms with E-state index < -0.39 is 0 Å². The van der Waals surface area contributed by atoms with E-state index in [1.54, 1.807) is 0 Å². The number of hydrogen-bond acceptors (Lipinski definition) is 2. The summed E-state index contributed by atoms with van der Waals surface area (Å²) in [6.45, 7) is 4.81. The van der Waals surface area contributed by atoms with E-state index in [4.69, 9.17) is 5.73 Å². The Bertz CT molecular complexity index is 1170. The first-order chi connectivity index (χ1) is 18.1. The van der Waals surface area contributed by atoms with Crippen LogP contribution in [0.25, 0.3) is 10.9 Å². The summed E-state index contributed by atoms with van der Waals surface area (Å²) in [6.07, 6.45) is 14.4. The van der Waals surface area contributed by atoms with Gasteiger partial charge in [-0.1, -0.05) is 67.3 Å². The maximum Gasteiger partial charge on any atom is 0.220 e. The third-order valence-electron chi connectivity index (χ3n) is 9.10. The van der Waals surface area contributed by atoms with Gasteiger partial charge in [-0.2, -0.15) is 0 Å². The van der Waals surface area contributed by atoms with E-state index >= 15 is 0 Å². The van der Waals surface area contributed by atoms with E-state index in [0.717, 1.165) is 25.6 Å². The van der Waals surface area contributed by atoms with E-state index in [-0.39, 0.29) is 11.8 Å². The zero-order valence-electron chi connectivity index (χ0n) is 22.6. The molecule has 0 aliphatic heterocycles. The first kappa shape index (κ1) is 26.0. The van der Waals surface area contributed by atoms with Crippen LogP contribution in [-0.2, 0) is 11.3 Å². The lowest BCUT2D eigenvalue weighted by molar-refractivity contribution is -0.121. The van der Waals surface area contributed by atoms with Gasteiger partial charge in [-0.05, 0) is 86.9 Å². The summed E-state index contributed by atoms with van der Waals surface area (Å²) in [7, 11) is 0. The van der Waals surface area contributed by atoms with Gasteiger partial charge in [0.15, 0.2) is 0 Å². The summed E-state index contributed by atoms with van der Waals surface area (Å²) in [6, 6.07) is 17.5. The second-order valence-corrected chi connectivity index (χ2v) is 11.9. The van der Waals surface area contributed by atoms with Crippen molar-refractivity contribution >= 4 is 16.8 Å². The number of fused-ring (bicyclic) bond motifs is 1. The number of amides is 1. The fourth-order valence-corrected chi connectivity index (χ4v) is 6.83. The molecule has 2 aromatic carbocycles. The van der Waals surface area contributed by atoms with Crippen LogP contribution >= 0.6 is 0 Å². The number of rotatable bonds is 9. The van der Waals surface area contributed by atoms with Crippen LogP contribution in [0.5, 0.6) is 0 Å². The quantitative estimate of drug-likeness (QED) is 0.335. The maximum atomic E-state index is 13.4. The summed E-state index contributed by atoms with van der Waals surface area (Å²) in [4.78, 5) is 13.4. The number of aromatic nitrogens is 1. The molecule has 3 aromatic rings. The second kappa shape index (κ2) is 12.3. The molecule has 0 bridgehead atoms. The van der Waals surface area contributed by atoms with Crippen molar-refractivity contribution in [3.63, 3.8) is 0 Å². The molecule has 1 aromatic heterocycles. The zero-order chi connectivity index (χ0) is 25.6. The molecule has 2 fully saturated rings. The largest absolute Gasteiger partial charge is 0.356 e. The molecule has 2 aliphatic carbocycles. The number of nitrogens with one attached hydrogen (secondary N) is 1. The summed E-state index contributed by atoms with van der Waals surface area (Å²) in [5, 5.41) is 4.60.